The molecule has 0 saturated heterocycles. The number of nitrogens with two attached hydrogens (primary N) is 1. The summed E-state index contributed by atoms with van der Waals surface area (Å²) in [5, 5.41) is 0. The third-order valence-electron chi connectivity index (χ3n) is 6.90. The monoisotopic (exact) mass is 595 g/mol. The SMILES string of the molecule is COCCC(C=O)(CCOC)c1cccc(COc2nc(N)nc(-c3ccc(F)cc3)c2-c2cc(C)nc(C(F)F)c2)n1. The molecule has 3 heterocycles. The number of nitrogens with zero attached hydrogens (tertiary/aromatic N) is 4. The predicted molar refractivity (Wildman–Crippen MR) is 154 cm³/mol. The number of pyridine rings is 2. The van der Waals surface area contributed by atoms with Crippen LogP contribution < -0.4 is 10.5 Å². The molecule has 0 aliphatic carbocycles. The highest BCUT2D eigenvalue weighted by molar-refractivity contribution is 5.85. The average molecular weight is 596 g/mol. The lowest BCUT2D eigenvalue weighted by Crippen LogP contribution is -2.32. The minimum absolute atomic E-state index is 0.00487. The van der Waals surface area contributed by atoms with Gasteiger partial charge in [0.05, 0.1) is 28.1 Å². The number of aryl methyl sites for hydroxylation is 1. The zero-order valence-electron chi connectivity index (χ0n) is 24.0. The minimum Gasteiger partial charge on any atom is -0.471 e. The van der Waals surface area contributed by atoms with Crippen molar-refractivity contribution in [2.24, 2.45) is 0 Å². The smallest absolute Gasteiger partial charge is 0.280 e. The zero-order valence-corrected chi connectivity index (χ0v) is 24.0. The van der Waals surface area contributed by atoms with Gasteiger partial charge >= 0.3 is 0 Å². The number of nitrogen functional groups attached to an aromatic ring is 1. The first-order chi connectivity index (χ1) is 20.7. The molecule has 0 aliphatic rings. The summed E-state index contributed by atoms with van der Waals surface area (Å²) >= 11 is 0. The molecule has 3 aromatic heterocycles. The number of aromatic nitrogens is 4. The number of aldehydes is 1. The molecule has 0 atom stereocenters. The van der Waals surface area contributed by atoms with E-state index >= 15 is 0 Å². The van der Waals surface area contributed by atoms with Crippen LogP contribution in [0, 0.1) is 12.7 Å². The van der Waals surface area contributed by atoms with Gasteiger partial charge in [-0.25, -0.2) is 18.2 Å². The van der Waals surface area contributed by atoms with E-state index in [9.17, 15) is 18.0 Å². The molecule has 4 rings (SSSR count). The average Bonchev–Trinajstić information content (AvgIpc) is 3.00. The molecule has 0 aliphatic heterocycles. The Hall–Kier alpha value is -4.42. The molecule has 0 spiro atoms. The van der Waals surface area contributed by atoms with Crippen molar-refractivity contribution in [2.45, 2.75) is 38.2 Å². The van der Waals surface area contributed by atoms with E-state index in [0.717, 1.165) is 6.29 Å². The Labute approximate surface area is 247 Å². The van der Waals surface area contributed by atoms with Crippen molar-refractivity contribution in [3.05, 3.63) is 83.2 Å². The first-order valence-electron chi connectivity index (χ1n) is 13.4. The molecule has 0 bridgehead atoms. The van der Waals surface area contributed by atoms with Crippen molar-refractivity contribution in [3.8, 4) is 28.3 Å². The molecule has 226 valence electrons. The van der Waals surface area contributed by atoms with E-state index in [1.807, 2.05) is 0 Å². The van der Waals surface area contributed by atoms with Gasteiger partial charge in [0.15, 0.2) is 0 Å². The minimum atomic E-state index is -2.83. The van der Waals surface area contributed by atoms with Crippen LogP contribution in [0.3, 0.4) is 0 Å². The van der Waals surface area contributed by atoms with E-state index in [1.165, 1.54) is 30.3 Å². The topological polar surface area (TPSA) is 122 Å². The summed E-state index contributed by atoms with van der Waals surface area (Å²) < 4.78 is 57.8. The molecular formula is C31H32F3N5O4. The normalized spacial score (nSPS) is 11.6. The van der Waals surface area contributed by atoms with E-state index in [4.69, 9.17) is 24.9 Å². The lowest BCUT2D eigenvalue weighted by Gasteiger charge is -2.27. The fraction of sp³-hybridized carbons (Fsp3) is 0.323. The van der Waals surface area contributed by atoms with E-state index in [2.05, 4.69) is 15.0 Å². The van der Waals surface area contributed by atoms with Gasteiger partial charge in [-0.15, -0.1) is 0 Å². The fourth-order valence-electron chi connectivity index (χ4n) is 4.70. The molecule has 0 fully saturated rings. The summed E-state index contributed by atoms with van der Waals surface area (Å²) in [5.74, 6) is -0.596. The summed E-state index contributed by atoms with van der Waals surface area (Å²) in [6.07, 6.45) is -1.17. The van der Waals surface area contributed by atoms with Crippen LogP contribution in [0.15, 0.2) is 54.6 Å². The summed E-state index contributed by atoms with van der Waals surface area (Å²) in [6, 6.07) is 13.6. The van der Waals surface area contributed by atoms with Gasteiger partial charge in [-0.2, -0.15) is 4.98 Å². The Balaban J connectivity index is 1.79. The second-order valence-electron chi connectivity index (χ2n) is 9.90. The number of hydrogen-bond acceptors (Lipinski definition) is 9. The van der Waals surface area contributed by atoms with Gasteiger partial charge in [0.25, 0.3) is 6.43 Å². The van der Waals surface area contributed by atoms with E-state index < -0.39 is 23.4 Å². The maximum atomic E-state index is 13.8. The molecule has 2 N–H and O–H groups in total. The first-order valence-corrected chi connectivity index (χ1v) is 13.4. The van der Waals surface area contributed by atoms with Crippen LogP contribution >= 0.6 is 0 Å². The molecule has 12 heteroatoms. The van der Waals surface area contributed by atoms with Crippen LogP contribution in [0.5, 0.6) is 5.88 Å². The van der Waals surface area contributed by atoms with Crippen molar-refractivity contribution < 1.29 is 32.2 Å². The van der Waals surface area contributed by atoms with Crippen LogP contribution in [0.2, 0.25) is 0 Å². The van der Waals surface area contributed by atoms with Gasteiger partial charge in [-0.3, -0.25) is 9.97 Å². The molecule has 1 aromatic carbocycles. The quantitative estimate of drug-likeness (QED) is 0.184. The number of carbonyl (C=O) groups excluding carboxylic acids is 1. The Kier molecular flexibility index (Phi) is 10.4. The molecule has 4 aromatic rings. The number of benzene rings is 1. The highest BCUT2D eigenvalue weighted by Gasteiger charge is 2.33. The van der Waals surface area contributed by atoms with Crippen molar-refractivity contribution in [2.75, 3.05) is 33.2 Å². The van der Waals surface area contributed by atoms with E-state index in [1.54, 1.807) is 45.4 Å². The van der Waals surface area contributed by atoms with Crippen molar-refractivity contribution >= 4 is 12.2 Å². The van der Waals surface area contributed by atoms with E-state index in [-0.39, 0.29) is 29.7 Å². The van der Waals surface area contributed by atoms with Crippen LogP contribution in [-0.4, -0.2) is 53.7 Å². The molecule has 43 heavy (non-hydrogen) atoms. The number of rotatable bonds is 14. The molecule has 0 unspecified atom stereocenters. The van der Waals surface area contributed by atoms with Gasteiger partial charge in [0, 0.05) is 38.7 Å². The maximum Gasteiger partial charge on any atom is 0.280 e. The summed E-state index contributed by atoms with van der Waals surface area (Å²) in [5.41, 5.74) is 7.34. The van der Waals surface area contributed by atoms with Gasteiger partial charge in [0.1, 0.15) is 24.4 Å². The number of ether oxygens (including phenoxy) is 3. The van der Waals surface area contributed by atoms with Gasteiger partial charge in [0.2, 0.25) is 11.8 Å². The van der Waals surface area contributed by atoms with E-state index in [0.29, 0.717) is 54.3 Å². The second kappa shape index (κ2) is 14.2. The highest BCUT2D eigenvalue weighted by Crippen LogP contribution is 2.39. The van der Waals surface area contributed by atoms with Crippen LogP contribution in [-0.2, 0) is 26.3 Å². The summed E-state index contributed by atoms with van der Waals surface area (Å²) in [6.45, 7) is 2.17. The predicted octanol–water partition coefficient (Wildman–Crippen LogP) is 5.66. The summed E-state index contributed by atoms with van der Waals surface area (Å²) in [7, 11) is 3.12. The summed E-state index contributed by atoms with van der Waals surface area (Å²) in [4.78, 5) is 29.7. The third-order valence-corrected chi connectivity index (χ3v) is 6.90. The Morgan fingerprint density at radius 3 is 2.26 bits per heavy atom. The molecule has 0 radical (unpaired) electrons. The maximum absolute atomic E-state index is 13.8. The number of carbonyl (C=O) groups is 1. The molecular weight excluding hydrogens is 563 g/mol. The van der Waals surface area contributed by atoms with Gasteiger partial charge < -0.3 is 24.7 Å². The van der Waals surface area contributed by atoms with Gasteiger partial charge in [-0.1, -0.05) is 6.07 Å². The second-order valence-corrected chi connectivity index (χ2v) is 9.90. The van der Waals surface area contributed by atoms with Crippen molar-refractivity contribution in [1.82, 2.24) is 19.9 Å². The highest BCUT2D eigenvalue weighted by atomic mass is 19.3. The number of alkyl halides is 2. The third kappa shape index (κ3) is 7.51. The standard InChI is InChI=1S/C31H32F3N5O4/c1-19-15-21(16-24(36-19)28(33)34)26-27(20-7-9-22(32)10-8-20)38-30(35)39-29(26)43-17-23-5-4-6-25(37-23)31(18-40,11-13-41-2)12-14-42-3/h4-10,15-16,18,28H,11-14,17H2,1-3H3,(H2,35,38,39). The number of methoxy groups -OCH3 is 2. The lowest BCUT2D eigenvalue weighted by atomic mass is 9.79. The number of hydrogen-bond donors (Lipinski definition) is 1. The van der Waals surface area contributed by atoms with Crippen LogP contribution in [0.1, 0.15) is 42.0 Å². The zero-order chi connectivity index (χ0) is 31.0. The van der Waals surface area contributed by atoms with Crippen LogP contribution in [0.4, 0.5) is 19.1 Å². The van der Waals surface area contributed by atoms with Gasteiger partial charge in [-0.05, 0) is 73.9 Å². The van der Waals surface area contributed by atoms with Crippen molar-refractivity contribution in [3.63, 3.8) is 0 Å². The Morgan fingerprint density at radius 2 is 1.63 bits per heavy atom. The number of anilines is 1. The Morgan fingerprint density at radius 1 is 0.930 bits per heavy atom. The Bertz CT molecular complexity index is 1550. The molecule has 0 saturated carbocycles. The molecule has 0 amide bonds. The molecule has 9 nitrogen and oxygen atoms in total. The largest absolute Gasteiger partial charge is 0.471 e. The first kappa shape index (κ1) is 31.5. The van der Waals surface area contributed by atoms with Crippen LogP contribution in [0.25, 0.3) is 22.4 Å². The lowest BCUT2D eigenvalue weighted by molar-refractivity contribution is -0.114. The van der Waals surface area contributed by atoms with Crippen molar-refractivity contribution in [1.29, 1.82) is 0 Å². The fourth-order valence-corrected chi connectivity index (χ4v) is 4.70. The number of halogens is 3.